The van der Waals surface area contributed by atoms with Crippen LogP contribution >= 0.6 is 0 Å². The Morgan fingerprint density at radius 3 is 2.10 bits per heavy atom. The third kappa shape index (κ3) is 7.30. The first-order valence-electron chi connectivity index (χ1n) is 13.7. The standard InChI is InChI=1S/C32H41N3O4S/c1-7-29(32(37)33-20-23(2)3)34(21-27-16-12-11-14-25(27)5)31(36)22-35(30-19-13-15-24(4)26(30)6)40(38,39)28-17-9-8-10-18-28/h8-19,23,29H,7,20-22H2,1-6H3,(H,33,37)/t29-/m1/s1. The van der Waals surface area contributed by atoms with E-state index in [4.69, 9.17) is 0 Å². The van der Waals surface area contributed by atoms with E-state index in [-0.39, 0.29) is 23.3 Å². The number of amides is 2. The Balaban J connectivity index is 2.09. The van der Waals surface area contributed by atoms with Gasteiger partial charge in [0.05, 0.1) is 10.6 Å². The van der Waals surface area contributed by atoms with Crippen LogP contribution < -0.4 is 9.62 Å². The molecular weight excluding hydrogens is 522 g/mol. The highest BCUT2D eigenvalue weighted by atomic mass is 32.2. The average molecular weight is 564 g/mol. The monoisotopic (exact) mass is 563 g/mol. The predicted molar refractivity (Wildman–Crippen MR) is 161 cm³/mol. The van der Waals surface area contributed by atoms with Crippen molar-refractivity contribution < 1.29 is 18.0 Å². The lowest BCUT2D eigenvalue weighted by Crippen LogP contribution is -2.52. The third-order valence-corrected chi connectivity index (χ3v) is 8.90. The molecule has 3 aromatic rings. The zero-order valence-electron chi connectivity index (χ0n) is 24.3. The summed E-state index contributed by atoms with van der Waals surface area (Å²) >= 11 is 0. The highest BCUT2D eigenvalue weighted by Crippen LogP contribution is 2.29. The zero-order valence-corrected chi connectivity index (χ0v) is 25.2. The SMILES string of the molecule is CC[C@H](C(=O)NCC(C)C)N(Cc1ccccc1C)C(=O)CN(c1cccc(C)c1C)S(=O)(=O)c1ccccc1. The van der Waals surface area contributed by atoms with Crippen LogP contribution in [0.15, 0.2) is 77.7 Å². The number of nitrogens with zero attached hydrogens (tertiary/aromatic N) is 2. The molecule has 0 radical (unpaired) electrons. The number of aryl methyl sites for hydroxylation is 2. The maximum absolute atomic E-state index is 14.2. The Labute approximate surface area is 239 Å². The second kappa shape index (κ2) is 13.6. The van der Waals surface area contributed by atoms with Crippen LogP contribution in [-0.2, 0) is 26.2 Å². The predicted octanol–water partition coefficient (Wildman–Crippen LogP) is 5.39. The van der Waals surface area contributed by atoms with Gasteiger partial charge in [-0.05, 0) is 73.6 Å². The van der Waals surface area contributed by atoms with Crippen LogP contribution in [0.25, 0.3) is 0 Å². The van der Waals surface area contributed by atoms with Crippen molar-refractivity contribution >= 4 is 27.5 Å². The first kappa shape index (κ1) is 30.9. The highest BCUT2D eigenvalue weighted by Gasteiger charge is 2.34. The van der Waals surface area contributed by atoms with E-state index in [9.17, 15) is 18.0 Å². The number of hydrogen-bond donors (Lipinski definition) is 1. The molecule has 7 nitrogen and oxygen atoms in total. The summed E-state index contributed by atoms with van der Waals surface area (Å²) in [5.41, 5.74) is 4.00. The lowest BCUT2D eigenvalue weighted by molar-refractivity contribution is -0.140. The number of rotatable bonds is 12. The molecule has 0 aromatic heterocycles. The molecule has 0 saturated heterocycles. The Kier molecular flexibility index (Phi) is 10.5. The van der Waals surface area contributed by atoms with E-state index in [1.165, 1.54) is 21.3 Å². The van der Waals surface area contributed by atoms with Crippen LogP contribution in [0.5, 0.6) is 0 Å². The second-order valence-electron chi connectivity index (χ2n) is 10.6. The summed E-state index contributed by atoms with van der Waals surface area (Å²) in [7, 11) is -4.09. The minimum atomic E-state index is -4.09. The maximum atomic E-state index is 14.2. The summed E-state index contributed by atoms with van der Waals surface area (Å²) in [4.78, 5) is 29.2. The molecule has 1 N–H and O–H groups in total. The molecule has 0 aliphatic heterocycles. The Bertz CT molecular complexity index is 1420. The minimum Gasteiger partial charge on any atom is -0.354 e. The normalized spacial score (nSPS) is 12.2. The first-order chi connectivity index (χ1) is 19.0. The van der Waals surface area contributed by atoms with Gasteiger partial charge < -0.3 is 10.2 Å². The fourth-order valence-electron chi connectivity index (χ4n) is 4.55. The number of hydrogen-bond acceptors (Lipinski definition) is 4. The van der Waals surface area contributed by atoms with Crippen LogP contribution in [0, 0.1) is 26.7 Å². The van der Waals surface area contributed by atoms with E-state index < -0.39 is 28.5 Å². The summed E-state index contributed by atoms with van der Waals surface area (Å²) in [6.07, 6.45) is 0.385. The van der Waals surface area contributed by atoms with E-state index in [0.29, 0.717) is 18.7 Å². The van der Waals surface area contributed by atoms with Crippen molar-refractivity contribution in [3.8, 4) is 0 Å². The maximum Gasteiger partial charge on any atom is 0.264 e. The summed E-state index contributed by atoms with van der Waals surface area (Å²) in [5.74, 6) is -0.449. The first-order valence-corrected chi connectivity index (χ1v) is 15.2. The van der Waals surface area contributed by atoms with Gasteiger partial charge in [0.1, 0.15) is 12.6 Å². The lowest BCUT2D eigenvalue weighted by Gasteiger charge is -2.34. The van der Waals surface area contributed by atoms with Crippen LogP contribution in [0.1, 0.15) is 49.4 Å². The van der Waals surface area contributed by atoms with Gasteiger partial charge in [-0.3, -0.25) is 13.9 Å². The zero-order chi connectivity index (χ0) is 29.4. The molecule has 0 aliphatic rings. The average Bonchev–Trinajstić information content (AvgIpc) is 2.93. The fourth-order valence-corrected chi connectivity index (χ4v) is 6.04. The molecule has 1 atom stereocenters. The molecule has 8 heteroatoms. The summed E-state index contributed by atoms with van der Waals surface area (Å²) in [6, 6.07) is 20.5. The molecule has 40 heavy (non-hydrogen) atoms. The lowest BCUT2D eigenvalue weighted by atomic mass is 10.1. The van der Waals surface area contributed by atoms with Crippen molar-refractivity contribution in [3.05, 3.63) is 95.1 Å². The molecule has 0 saturated carbocycles. The van der Waals surface area contributed by atoms with Crippen molar-refractivity contribution in [2.75, 3.05) is 17.4 Å². The van der Waals surface area contributed by atoms with Crippen molar-refractivity contribution in [1.82, 2.24) is 10.2 Å². The van der Waals surface area contributed by atoms with Crippen molar-refractivity contribution in [2.24, 2.45) is 5.92 Å². The molecule has 3 aromatic carbocycles. The van der Waals surface area contributed by atoms with E-state index in [2.05, 4.69) is 5.32 Å². The van der Waals surface area contributed by atoms with E-state index in [1.807, 2.05) is 71.9 Å². The topological polar surface area (TPSA) is 86.8 Å². The van der Waals surface area contributed by atoms with E-state index in [1.54, 1.807) is 30.3 Å². The van der Waals surface area contributed by atoms with E-state index in [0.717, 1.165) is 22.3 Å². The van der Waals surface area contributed by atoms with Gasteiger partial charge in [0.25, 0.3) is 10.0 Å². The van der Waals surface area contributed by atoms with Crippen LogP contribution in [0.2, 0.25) is 0 Å². The fraction of sp³-hybridized carbons (Fsp3) is 0.375. The van der Waals surface area contributed by atoms with Crippen LogP contribution in [0.4, 0.5) is 5.69 Å². The quantitative estimate of drug-likeness (QED) is 0.320. The van der Waals surface area contributed by atoms with Crippen LogP contribution in [-0.4, -0.2) is 44.3 Å². The Morgan fingerprint density at radius 1 is 0.850 bits per heavy atom. The number of carbonyl (C=O) groups excluding carboxylic acids is 2. The molecule has 0 unspecified atom stereocenters. The van der Waals surface area contributed by atoms with Gasteiger partial charge in [-0.2, -0.15) is 0 Å². The number of nitrogens with one attached hydrogen (secondary N) is 1. The molecule has 3 rings (SSSR count). The number of benzene rings is 3. The Morgan fingerprint density at radius 2 is 1.48 bits per heavy atom. The number of anilines is 1. The largest absolute Gasteiger partial charge is 0.354 e. The molecule has 0 bridgehead atoms. The smallest absolute Gasteiger partial charge is 0.264 e. The second-order valence-corrected chi connectivity index (χ2v) is 12.4. The van der Waals surface area contributed by atoms with Gasteiger partial charge in [-0.1, -0.05) is 75.4 Å². The molecule has 2 amide bonds. The molecule has 0 fully saturated rings. The molecule has 214 valence electrons. The third-order valence-electron chi connectivity index (χ3n) is 7.13. The van der Waals surface area contributed by atoms with Crippen molar-refractivity contribution in [3.63, 3.8) is 0 Å². The van der Waals surface area contributed by atoms with Gasteiger partial charge in [-0.15, -0.1) is 0 Å². The van der Waals surface area contributed by atoms with Crippen molar-refractivity contribution in [1.29, 1.82) is 0 Å². The van der Waals surface area contributed by atoms with Gasteiger partial charge in [0.15, 0.2) is 0 Å². The van der Waals surface area contributed by atoms with Gasteiger partial charge in [-0.25, -0.2) is 8.42 Å². The summed E-state index contributed by atoms with van der Waals surface area (Å²) in [6.45, 7) is 11.8. The Hall–Kier alpha value is -3.65. The molecule has 0 spiro atoms. The molecule has 0 aliphatic carbocycles. The summed E-state index contributed by atoms with van der Waals surface area (Å²) in [5, 5.41) is 2.96. The van der Waals surface area contributed by atoms with Crippen LogP contribution in [0.3, 0.4) is 0 Å². The van der Waals surface area contributed by atoms with Crippen molar-refractivity contribution in [2.45, 2.75) is 65.4 Å². The number of carbonyl (C=O) groups is 2. The van der Waals surface area contributed by atoms with Gasteiger partial charge in [0, 0.05) is 13.1 Å². The molecular formula is C32H41N3O4S. The van der Waals surface area contributed by atoms with Gasteiger partial charge >= 0.3 is 0 Å². The molecule has 0 heterocycles. The summed E-state index contributed by atoms with van der Waals surface area (Å²) < 4.78 is 29.2. The number of sulfonamides is 1. The van der Waals surface area contributed by atoms with E-state index >= 15 is 0 Å². The minimum absolute atomic E-state index is 0.0934. The van der Waals surface area contributed by atoms with Gasteiger partial charge in [0.2, 0.25) is 11.8 Å². The highest BCUT2D eigenvalue weighted by molar-refractivity contribution is 7.92.